The van der Waals surface area contributed by atoms with Crippen molar-refractivity contribution in [1.82, 2.24) is 34.8 Å². The molecule has 0 unspecified atom stereocenters. The molecule has 146 valence electrons. The monoisotopic (exact) mass is 401 g/mol. The van der Waals surface area contributed by atoms with Crippen LogP contribution in [-0.4, -0.2) is 73.8 Å². The number of nitrogens with one attached hydrogen (secondary N) is 1. The molecule has 0 bridgehead atoms. The van der Waals surface area contributed by atoms with E-state index in [1.165, 1.54) is 22.6 Å². The number of rotatable bonds is 4. The van der Waals surface area contributed by atoms with Crippen molar-refractivity contribution in [2.24, 2.45) is 13.0 Å². The maximum absolute atomic E-state index is 12.5. The van der Waals surface area contributed by atoms with Gasteiger partial charge in [-0.2, -0.15) is 0 Å². The van der Waals surface area contributed by atoms with Crippen molar-refractivity contribution < 1.29 is 9.59 Å². The number of fused-ring (bicyclic) bond motifs is 1. The van der Waals surface area contributed by atoms with E-state index in [1.807, 2.05) is 4.90 Å². The van der Waals surface area contributed by atoms with Crippen molar-refractivity contribution in [2.45, 2.75) is 6.92 Å². The smallest absolute Gasteiger partial charge is 0.265 e. The van der Waals surface area contributed by atoms with E-state index in [1.54, 1.807) is 32.7 Å². The SMILES string of the molecule is Cc1nc(NC(=O)C2CN(c3ncnc4c3nnn4C)C2)sc1C(=O)N(C)C. The lowest BCUT2D eigenvalue weighted by Crippen LogP contribution is -2.52. The zero-order chi connectivity index (χ0) is 20.0. The van der Waals surface area contributed by atoms with Crippen molar-refractivity contribution in [3.8, 4) is 0 Å². The summed E-state index contributed by atoms with van der Waals surface area (Å²) < 4.78 is 1.59. The zero-order valence-electron chi connectivity index (χ0n) is 15.9. The average Bonchev–Trinajstić information content (AvgIpc) is 3.16. The van der Waals surface area contributed by atoms with Crippen LogP contribution in [0.4, 0.5) is 10.9 Å². The summed E-state index contributed by atoms with van der Waals surface area (Å²) in [6.45, 7) is 2.79. The van der Waals surface area contributed by atoms with E-state index in [0.29, 0.717) is 45.8 Å². The Kier molecular flexibility index (Phi) is 4.41. The van der Waals surface area contributed by atoms with Gasteiger partial charge in [0.05, 0.1) is 11.6 Å². The highest BCUT2D eigenvalue weighted by Gasteiger charge is 2.35. The van der Waals surface area contributed by atoms with Crippen molar-refractivity contribution in [2.75, 3.05) is 37.4 Å². The summed E-state index contributed by atoms with van der Waals surface area (Å²) in [6, 6.07) is 0. The maximum Gasteiger partial charge on any atom is 0.265 e. The highest BCUT2D eigenvalue weighted by molar-refractivity contribution is 7.17. The summed E-state index contributed by atoms with van der Waals surface area (Å²) in [4.78, 5) is 41.4. The summed E-state index contributed by atoms with van der Waals surface area (Å²) in [7, 11) is 5.14. The first kappa shape index (κ1) is 18.2. The number of nitrogens with zero attached hydrogens (tertiary/aromatic N) is 8. The third-order valence-corrected chi connectivity index (χ3v) is 5.61. The molecule has 0 aromatic carbocycles. The van der Waals surface area contributed by atoms with Gasteiger partial charge >= 0.3 is 0 Å². The Hall–Kier alpha value is -3.15. The van der Waals surface area contributed by atoms with E-state index in [9.17, 15) is 9.59 Å². The van der Waals surface area contributed by atoms with Crippen molar-refractivity contribution >= 4 is 45.3 Å². The second-order valence-electron chi connectivity index (χ2n) is 6.81. The molecule has 0 saturated carbocycles. The van der Waals surface area contributed by atoms with Crippen LogP contribution in [0.15, 0.2) is 6.33 Å². The summed E-state index contributed by atoms with van der Waals surface area (Å²) in [5, 5.41) is 11.3. The van der Waals surface area contributed by atoms with Gasteiger partial charge in [-0.3, -0.25) is 9.59 Å². The molecule has 0 radical (unpaired) electrons. The van der Waals surface area contributed by atoms with Crippen molar-refractivity contribution in [3.05, 3.63) is 16.9 Å². The van der Waals surface area contributed by atoms with Crippen LogP contribution in [0.1, 0.15) is 15.4 Å². The number of aromatic nitrogens is 6. The van der Waals surface area contributed by atoms with Crippen LogP contribution in [0.2, 0.25) is 0 Å². The van der Waals surface area contributed by atoms with E-state index >= 15 is 0 Å². The minimum atomic E-state index is -0.195. The van der Waals surface area contributed by atoms with E-state index in [2.05, 4.69) is 30.6 Å². The minimum Gasteiger partial charge on any atom is -0.353 e. The third-order valence-electron chi connectivity index (χ3n) is 4.55. The van der Waals surface area contributed by atoms with Gasteiger partial charge in [0.25, 0.3) is 5.91 Å². The fraction of sp³-hybridized carbons (Fsp3) is 0.438. The molecule has 1 aliphatic rings. The van der Waals surface area contributed by atoms with Crippen LogP contribution in [0.5, 0.6) is 0 Å². The molecule has 3 aromatic heterocycles. The minimum absolute atomic E-state index is 0.123. The quantitative estimate of drug-likeness (QED) is 0.662. The molecule has 1 aliphatic heterocycles. The van der Waals surface area contributed by atoms with Crippen LogP contribution in [0.25, 0.3) is 11.2 Å². The molecular weight excluding hydrogens is 382 g/mol. The van der Waals surface area contributed by atoms with E-state index in [-0.39, 0.29) is 17.7 Å². The van der Waals surface area contributed by atoms with Gasteiger partial charge in [0, 0.05) is 34.2 Å². The number of carbonyl (C=O) groups is 2. The average molecular weight is 401 g/mol. The maximum atomic E-state index is 12.5. The van der Waals surface area contributed by atoms with Gasteiger partial charge in [0.2, 0.25) is 5.91 Å². The fourth-order valence-corrected chi connectivity index (χ4v) is 3.94. The molecule has 2 amide bonds. The molecule has 12 heteroatoms. The standard InChI is InChI=1S/C16H19N9O2S/c1-8-11(15(27)23(2)3)28-16(19-8)20-14(26)9-5-25(6-9)13-10-12(17-7-18-13)24(4)22-21-10/h7,9H,5-6H2,1-4H3,(H,19,20,26). The predicted octanol–water partition coefficient (Wildman–Crippen LogP) is 0.300. The number of carbonyl (C=O) groups excluding carboxylic acids is 2. The van der Waals surface area contributed by atoms with Gasteiger partial charge in [-0.05, 0) is 6.92 Å². The van der Waals surface area contributed by atoms with Crippen LogP contribution < -0.4 is 10.2 Å². The molecule has 0 spiro atoms. The van der Waals surface area contributed by atoms with E-state index < -0.39 is 0 Å². The van der Waals surface area contributed by atoms with Crippen LogP contribution in [0, 0.1) is 12.8 Å². The van der Waals surface area contributed by atoms with Crippen LogP contribution in [0.3, 0.4) is 0 Å². The Bertz CT molecular complexity index is 1070. The van der Waals surface area contributed by atoms with Gasteiger partial charge in [0.1, 0.15) is 11.2 Å². The Labute approximate surface area is 164 Å². The highest BCUT2D eigenvalue weighted by atomic mass is 32.1. The lowest BCUT2D eigenvalue weighted by Gasteiger charge is -2.38. The Morgan fingerprint density at radius 2 is 2.04 bits per heavy atom. The second-order valence-corrected chi connectivity index (χ2v) is 7.81. The van der Waals surface area contributed by atoms with Crippen molar-refractivity contribution in [1.29, 1.82) is 0 Å². The van der Waals surface area contributed by atoms with Crippen LogP contribution in [-0.2, 0) is 11.8 Å². The molecule has 1 saturated heterocycles. The third kappa shape index (κ3) is 3.05. The molecule has 28 heavy (non-hydrogen) atoms. The first-order valence-corrected chi connectivity index (χ1v) is 9.42. The van der Waals surface area contributed by atoms with Gasteiger partial charge in [0.15, 0.2) is 22.1 Å². The number of hydrogen-bond acceptors (Lipinski definition) is 9. The molecule has 4 rings (SSSR count). The summed E-state index contributed by atoms with van der Waals surface area (Å²) >= 11 is 1.19. The Morgan fingerprint density at radius 1 is 1.29 bits per heavy atom. The van der Waals surface area contributed by atoms with Crippen molar-refractivity contribution in [3.63, 3.8) is 0 Å². The molecule has 1 N–H and O–H groups in total. The van der Waals surface area contributed by atoms with Gasteiger partial charge in [-0.1, -0.05) is 16.6 Å². The lowest BCUT2D eigenvalue weighted by molar-refractivity contribution is -0.120. The summed E-state index contributed by atoms with van der Waals surface area (Å²) in [6.07, 6.45) is 1.47. The molecule has 11 nitrogen and oxygen atoms in total. The van der Waals surface area contributed by atoms with Gasteiger partial charge in [-0.25, -0.2) is 19.6 Å². The van der Waals surface area contributed by atoms with Gasteiger partial charge < -0.3 is 15.1 Å². The fourth-order valence-electron chi connectivity index (χ4n) is 2.95. The first-order valence-electron chi connectivity index (χ1n) is 8.60. The lowest BCUT2D eigenvalue weighted by atomic mass is 9.99. The molecule has 4 heterocycles. The second kappa shape index (κ2) is 6.78. The summed E-state index contributed by atoms with van der Waals surface area (Å²) in [5.41, 5.74) is 1.88. The van der Waals surface area contributed by atoms with Crippen LogP contribution >= 0.6 is 11.3 Å². The number of hydrogen-bond donors (Lipinski definition) is 1. The molecular formula is C16H19N9O2S. The highest BCUT2D eigenvalue weighted by Crippen LogP contribution is 2.29. The van der Waals surface area contributed by atoms with Gasteiger partial charge in [-0.15, -0.1) is 5.10 Å². The van der Waals surface area contributed by atoms with E-state index in [4.69, 9.17) is 0 Å². The normalized spacial score (nSPS) is 14.2. The topological polar surface area (TPSA) is 122 Å². The Balaban J connectivity index is 1.42. The number of thiazole rings is 1. The molecule has 3 aromatic rings. The first-order chi connectivity index (χ1) is 13.3. The number of aryl methyl sites for hydroxylation is 2. The predicted molar refractivity (Wildman–Crippen MR) is 103 cm³/mol. The molecule has 0 atom stereocenters. The molecule has 1 fully saturated rings. The summed E-state index contributed by atoms with van der Waals surface area (Å²) in [5.74, 6) is 0.227. The Morgan fingerprint density at radius 3 is 2.75 bits per heavy atom. The number of amides is 2. The zero-order valence-corrected chi connectivity index (χ0v) is 16.7. The number of anilines is 2. The van der Waals surface area contributed by atoms with E-state index in [0.717, 1.165) is 0 Å². The molecule has 0 aliphatic carbocycles. The largest absolute Gasteiger partial charge is 0.353 e.